The Morgan fingerprint density at radius 2 is 1.68 bits per heavy atom. The molecule has 19 heavy (non-hydrogen) atoms. The van der Waals surface area contributed by atoms with Gasteiger partial charge in [0, 0.05) is 6.04 Å². The summed E-state index contributed by atoms with van der Waals surface area (Å²) in [5.74, 6) is 0.977. The van der Waals surface area contributed by atoms with Gasteiger partial charge in [-0.1, -0.05) is 48.5 Å². The van der Waals surface area contributed by atoms with Crippen molar-refractivity contribution in [1.82, 2.24) is 0 Å². The van der Waals surface area contributed by atoms with Crippen molar-refractivity contribution in [2.24, 2.45) is 5.73 Å². The maximum absolute atomic E-state index is 6.23. The Bertz CT molecular complexity index is 496. The smallest absolute Gasteiger partial charge is 0.122 e. The molecule has 0 bridgehead atoms. The molecular formula is C17H21NO. The van der Waals surface area contributed by atoms with E-state index in [-0.39, 0.29) is 6.04 Å². The van der Waals surface area contributed by atoms with E-state index in [1.807, 2.05) is 43.3 Å². The van der Waals surface area contributed by atoms with Gasteiger partial charge in [-0.25, -0.2) is 0 Å². The lowest BCUT2D eigenvalue weighted by molar-refractivity contribution is 0.336. The van der Waals surface area contributed by atoms with Crippen molar-refractivity contribution in [3.63, 3.8) is 0 Å². The molecule has 0 aliphatic carbocycles. The zero-order chi connectivity index (χ0) is 13.5. The monoisotopic (exact) mass is 255 g/mol. The molecule has 0 saturated heterocycles. The van der Waals surface area contributed by atoms with E-state index in [1.54, 1.807) is 0 Å². The molecule has 0 aromatic heterocycles. The summed E-state index contributed by atoms with van der Waals surface area (Å²) in [5, 5.41) is 0. The van der Waals surface area contributed by atoms with E-state index in [0.717, 1.165) is 18.6 Å². The molecule has 1 unspecified atom stereocenters. The molecule has 1 atom stereocenters. The fraction of sp³-hybridized carbons (Fsp3) is 0.294. The first-order valence-corrected chi connectivity index (χ1v) is 6.82. The van der Waals surface area contributed by atoms with Crippen LogP contribution >= 0.6 is 0 Å². The van der Waals surface area contributed by atoms with Crippen LogP contribution in [0.5, 0.6) is 5.75 Å². The first kappa shape index (κ1) is 13.6. The zero-order valence-electron chi connectivity index (χ0n) is 11.4. The molecule has 2 heteroatoms. The highest BCUT2D eigenvalue weighted by molar-refractivity contribution is 5.33. The van der Waals surface area contributed by atoms with Gasteiger partial charge in [0.2, 0.25) is 0 Å². The quantitative estimate of drug-likeness (QED) is 0.854. The number of rotatable bonds is 6. The number of benzene rings is 2. The Morgan fingerprint density at radius 1 is 1.00 bits per heavy atom. The SMILES string of the molecule is CCOc1ccccc1CCC(N)c1ccccc1. The van der Waals surface area contributed by atoms with Crippen LogP contribution in [0.25, 0.3) is 0 Å². The van der Waals surface area contributed by atoms with Gasteiger partial charge in [0.1, 0.15) is 5.75 Å². The average molecular weight is 255 g/mol. The van der Waals surface area contributed by atoms with E-state index in [2.05, 4.69) is 18.2 Å². The summed E-state index contributed by atoms with van der Waals surface area (Å²) in [6.45, 7) is 2.70. The summed E-state index contributed by atoms with van der Waals surface area (Å²) in [7, 11) is 0. The van der Waals surface area contributed by atoms with Crippen molar-refractivity contribution in [2.75, 3.05) is 6.61 Å². The van der Waals surface area contributed by atoms with Gasteiger partial charge < -0.3 is 10.5 Å². The number of hydrogen-bond acceptors (Lipinski definition) is 2. The van der Waals surface area contributed by atoms with Gasteiger partial charge in [-0.3, -0.25) is 0 Å². The third-order valence-corrected chi connectivity index (χ3v) is 3.22. The molecular weight excluding hydrogens is 234 g/mol. The number of hydrogen-bond donors (Lipinski definition) is 1. The Hall–Kier alpha value is -1.80. The molecule has 2 N–H and O–H groups in total. The maximum Gasteiger partial charge on any atom is 0.122 e. The van der Waals surface area contributed by atoms with E-state index >= 15 is 0 Å². The van der Waals surface area contributed by atoms with Crippen LogP contribution in [-0.4, -0.2) is 6.61 Å². The fourth-order valence-corrected chi connectivity index (χ4v) is 2.18. The van der Waals surface area contributed by atoms with E-state index in [9.17, 15) is 0 Å². The van der Waals surface area contributed by atoms with Crippen molar-refractivity contribution in [3.05, 3.63) is 65.7 Å². The molecule has 2 rings (SSSR count). The van der Waals surface area contributed by atoms with Crippen LogP contribution in [0.4, 0.5) is 0 Å². The van der Waals surface area contributed by atoms with Crippen LogP contribution in [0.1, 0.15) is 30.5 Å². The van der Waals surface area contributed by atoms with Gasteiger partial charge in [-0.15, -0.1) is 0 Å². The lowest BCUT2D eigenvalue weighted by Gasteiger charge is -2.14. The molecule has 0 aliphatic rings. The molecule has 2 nitrogen and oxygen atoms in total. The molecule has 0 radical (unpaired) electrons. The van der Waals surface area contributed by atoms with Crippen molar-refractivity contribution < 1.29 is 4.74 Å². The molecule has 0 heterocycles. The second kappa shape index (κ2) is 6.95. The van der Waals surface area contributed by atoms with Crippen LogP contribution in [0.3, 0.4) is 0 Å². The molecule has 0 spiro atoms. The summed E-state index contributed by atoms with van der Waals surface area (Å²) in [6.07, 6.45) is 1.86. The highest BCUT2D eigenvalue weighted by atomic mass is 16.5. The minimum atomic E-state index is 0.0795. The Labute approximate surface area is 115 Å². The number of ether oxygens (including phenoxy) is 1. The molecule has 0 fully saturated rings. The first-order chi connectivity index (χ1) is 9.31. The Morgan fingerprint density at radius 3 is 2.42 bits per heavy atom. The van der Waals surface area contributed by atoms with E-state index in [1.165, 1.54) is 11.1 Å². The van der Waals surface area contributed by atoms with Crippen LogP contribution in [0.2, 0.25) is 0 Å². The van der Waals surface area contributed by atoms with Gasteiger partial charge in [0.15, 0.2) is 0 Å². The second-order valence-corrected chi connectivity index (χ2v) is 4.60. The lowest BCUT2D eigenvalue weighted by Crippen LogP contribution is -2.11. The minimum absolute atomic E-state index is 0.0795. The van der Waals surface area contributed by atoms with Gasteiger partial charge in [-0.05, 0) is 37.0 Å². The summed E-state index contributed by atoms with van der Waals surface area (Å²) in [5.41, 5.74) is 8.65. The number of aryl methyl sites for hydroxylation is 1. The Kier molecular flexibility index (Phi) is 4.99. The summed E-state index contributed by atoms with van der Waals surface area (Å²) >= 11 is 0. The molecule has 0 saturated carbocycles. The van der Waals surface area contributed by atoms with Crippen LogP contribution in [0.15, 0.2) is 54.6 Å². The highest BCUT2D eigenvalue weighted by Crippen LogP contribution is 2.23. The van der Waals surface area contributed by atoms with Crippen LogP contribution in [-0.2, 0) is 6.42 Å². The molecule has 0 amide bonds. The van der Waals surface area contributed by atoms with E-state index in [0.29, 0.717) is 6.61 Å². The number of nitrogens with two attached hydrogens (primary N) is 1. The molecule has 0 aliphatic heterocycles. The standard InChI is InChI=1S/C17H21NO/c1-2-19-17-11-7-6-10-15(17)12-13-16(18)14-8-4-3-5-9-14/h3-11,16H,2,12-13,18H2,1H3. The predicted molar refractivity (Wildman–Crippen MR) is 79.3 cm³/mol. The predicted octanol–water partition coefficient (Wildman–Crippen LogP) is 3.72. The largest absolute Gasteiger partial charge is 0.494 e. The topological polar surface area (TPSA) is 35.2 Å². The first-order valence-electron chi connectivity index (χ1n) is 6.82. The van der Waals surface area contributed by atoms with Gasteiger partial charge in [0.05, 0.1) is 6.61 Å². The summed E-state index contributed by atoms with van der Waals surface area (Å²) < 4.78 is 5.63. The van der Waals surface area contributed by atoms with Gasteiger partial charge in [0.25, 0.3) is 0 Å². The van der Waals surface area contributed by atoms with E-state index in [4.69, 9.17) is 10.5 Å². The highest BCUT2D eigenvalue weighted by Gasteiger charge is 2.08. The average Bonchev–Trinajstić information content (AvgIpc) is 2.47. The van der Waals surface area contributed by atoms with Crippen molar-refractivity contribution in [2.45, 2.75) is 25.8 Å². The summed E-state index contributed by atoms with van der Waals surface area (Å²) in [6, 6.07) is 18.5. The van der Waals surface area contributed by atoms with Gasteiger partial charge in [-0.2, -0.15) is 0 Å². The van der Waals surface area contributed by atoms with Crippen molar-refractivity contribution in [1.29, 1.82) is 0 Å². The summed E-state index contributed by atoms with van der Waals surface area (Å²) in [4.78, 5) is 0. The zero-order valence-corrected chi connectivity index (χ0v) is 11.4. The third-order valence-electron chi connectivity index (χ3n) is 3.22. The van der Waals surface area contributed by atoms with Crippen molar-refractivity contribution >= 4 is 0 Å². The third kappa shape index (κ3) is 3.83. The Balaban J connectivity index is 1.99. The normalized spacial score (nSPS) is 12.1. The van der Waals surface area contributed by atoms with Gasteiger partial charge >= 0.3 is 0 Å². The van der Waals surface area contributed by atoms with Crippen molar-refractivity contribution in [3.8, 4) is 5.75 Å². The minimum Gasteiger partial charge on any atom is -0.494 e. The molecule has 100 valence electrons. The fourth-order valence-electron chi connectivity index (χ4n) is 2.18. The maximum atomic E-state index is 6.23. The molecule has 2 aromatic rings. The second-order valence-electron chi connectivity index (χ2n) is 4.60. The lowest BCUT2D eigenvalue weighted by atomic mass is 9.99. The van der Waals surface area contributed by atoms with E-state index < -0.39 is 0 Å². The van der Waals surface area contributed by atoms with Crippen LogP contribution < -0.4 is 10.5 Å². The number of para-hydroxylation sites is 1. The molecule has 2 aromatic carbocycles. The van der Waals surface area contributed by atoms with Crippen LogP contribution in [0, 0.1) is 0 Å².